The fraction of sp³-hybridized carbons (Fsp3) is 0.0476. The Balaban J connectivity index is 1.69. The second-order valence-corrected chi connectivity index (χ2v) is 6.48. The van der Waals surface area contributed by atoms with Gasteiger partial charge in [-0.2, -0.15) is 0 Å². The number of nitrogens with one attached hydrogen (secondary N) is 1. The Labute approximate surface area is 174 Å². The minimum atomic E-state index is -0.850. The lowest BCUT2D eigenvalue weighted by Crippen LogP contribution is -2.30. The van der Waals surface area contributed by atoms with Gasteiger partial charge in [-0.15, -0.1) is 0 Å². The van der Waals surface area contributed by atoms with Crippen LogP contribution in [0.4, 0.5) is 20.2 Å². The molecule has 4 rings (SSSR count). The van der Waals surface area contributed by atoms with Gasteiger partial charge in [0.25, 0.3) is 0 Å². The smallest absolute Gasteiger partial charge is 0.240 e. The number of ether oxygens (including phenoxy) is 1. The van der Waals surface area contributed by atoms with Crippen LogP contribution < -0.4 is 15.4 Å². The van der Waals surface area contributed by atoms with Crippen LogP contribution in [0.3, 0.4) is 0 Å². The Bertz CT molecular complexity index is 1270. The van der Waals surface area contributed by atoms with Crippen molar-refractivity contribution in [3.05, 3.63) is 72.7 Å². The summed E-state index contributed by atoms with van der Waals surface area (Å²) in [5.41, 5.74) is 6.01. The standard InChI is InChI=1S/C21H15F2N5O3/c22-12-1-3-13(4-2-12)28(19(30)10-18(24)29)14-5-6-17(16(23)9-14)31-21-15-7-8-25-20(15)26-11-27-21/h1-9,11H,10H2,(H2,24,29)(H,25,26,27). The maximum atomic E-state index is 14.9. The number of halogens is 2. The first-order valence-electron chi connectivity index (χ1n) is 9.04. The Morgan fingerprint density at radius 3 is 2.48 bits per heavy atom. The summed E-state index contributed by atoms with van der Waals surface area (Å²) >= 11 is 0. The third kappa shape index (κ3) is 4.17. The summed E-state index contributed by atoms with van der Waals surface area (Å²) in [6, 6.07) is 10.5. The molecule has 2 heterocycles. The van der Waals surface area contributed by atoms with Crippen LogP contribution in [0.15, 0.2) is 61.1 Å². The number of anilines is 2. The number of hydrogen-bond acceptors (Lipinski definition) is 5. The highest BCUT2D eigenvalue weighted by Crippen LogP contribution is 2.33. The normalized spacial score (nSPS) is 10.8. The van der Waals surface area contributed by atoms with Gasteiger partial charge in [0.2, 0.25) is 17.7 Å². The van der Waals surface area contributed by atoms with Gasteiger partial charge in [0.05, 0.1) is 11.1 Å². The average molecular weight is 423 g/mol. The minimum absolute atomic E-state index is 0.109. The number of aromatic amines is 1. The van der Waals surface area contributed by atoms with Crippen molar-refractivity contribution in [3.63, 3.8) is 0 Å². The van der Waals surface area contributed by atoms with Crippen LogP contribution in [0.1, 0.15) is 6.42 Å². The maximum absolute atomic E-state index is 14.9. The van der Waals surface area contributed by atoms with Crippen LogP contribution in [0.5, 0.6) is 11.6 Å². The van der Waals surface area contributed by atoms with Crippen LogP contribution in [-0.2, 0) is 9.59 Å². The summed E-state index contributed by atoms with van der Waals surface area (Å²) in [6.07, 6.45) is 2.32. The molecule has 0 atom stereocenters. The van der Waals surface area contributed by atoms with Crippen LogP contribution >= 0.6 is 0 Å². The van der Waals surface area contributed by atoms with E-state index in [0.29, 0.717) is 11.0 Å². The summed E-state index contributed by atoms with van der Waals surface area (Å²) in [5.74, 6) is -2.82. The molecule has 0 aliphatic rings. The second kappa shape index (κ2) is 8.19. The van der Waals surface area contributed by atoms with E-state index in [1.807, 2.05) is 0 Å². The van der Waals surface area contributed by atoms with E-state index in [4.69, 9.17) is 10.5 Å². The predicted octanol–water partition coefficient (Wildman–Crippen LogP) is 3.57. The van der Waals surface area contributed by atoms with E-state index < -0.39 is 29.9 Å². The highest BCUT2D eigenvalue weighted by atomic mass is 19.1. The van der Waals surface area contributed by atoms with Crippen LogP contribution in [0.2, 0.25) is 0 Å². The molecule has 10 heteroatoms. The van der Waals surface area contributed by atoms with E-state index in [-0.39, 0.29) is 23.0 Å². The number of benzene rings is 2. The van der Waals surface area contributed by atoms with E-state index in [1.54, 1.807) is 12.3 Å². The van der Waals surface area contributed by atoms with Crippen molar-refractivity contribution >= 4 is 34.2 Å². The number of hydrogen-bond donors (Lipinski definition) is 2. The summed E-state index contributed by atoms with van der Waals surface area (Å²) in [5, 5.41) is 0.565. The van der Waals surface area contributed by atoms with Gasteiger partial charge < -0.3 is 15.5 Å². The van der Waals surface area contributed by atoms with Gasteiger partial charge in [-0.3, -0.25) is 14.5 Å². The zero-order valence-electron chi connectivity index (χ0n) is 15.9. The molecule has 0 saturated heterocycles. The Kier molecular flexibility index (Phi) is 5.27. The van der Waals surface area contributed by atoms with Gasteiger partial charge >= 0.3 is 0 Å². The molecule has 0 aliphatic heterocycles. The molecule has 2 amide bonds. The van der Waals surface area contributed by atoms with Gasteiger partial charge in [-0.1, -0.05) is 0 Å². The Morgan fingerprint density at radius 1 is 1.03 bits per heavy atom. The molecular formula is C21H15F2N5O3. The number of aromatic nitrogens is 3. The van der Waals surface area contributed by atoms with Gasteiger partial charge in [0, 0.05) is 18.0 Å². The van der Waals surface area contributed by atoms with Crippen molar-refractivity contribution in [2.75, 3.05) is 4.90 Å². The number of primary amides is 1. The molecule has 2 aromatic heterocycles. The number of H-pyrrole nitrogens is 1. The minimum Gasteiger partial charge on any atom is -0.435 e. The zero-order valence-corrected chi connectivity index (χ0v) is 15.9. The zero-order chi connectivity index (χ0) is 22.0. The first-order chi connectivity index (χ1) is 14.9. The molecule has 8 nitrogen and oxygen atoms in total. The predicted molar refractivity (Wildman–Crippen MR) is 108 cm³/mol. The lowest BCUT2D eigenvalue weighted by molar-refractivity contribution is -0.125. The van der Waals surface area contributed by atoms with Crippen molar-refractivity contribution in [2.45, 2.75) is 6.42 Å². The number of amides is 2. The molecular weight excluding hydrogens is 408 g/mol. The molecule has 0 aliphatic carbocycles. The van der Waals surface area contributed by atoms with Gasteiger partial charge in [-0.25, -0.2) is 18.7 Å². The SMILES string of the molecule is NC(=O)CC(=O)N(c1ccc(F)cc1)c1ccc(Oc2ncnc3[nH]ccc23)c(F)c1. The van der Waals surface area contributed by atoms with Gasteiger partial charge in [0.1, 0.15) is 24.2 Å². The highest BCUT2D eigenvalue weighted by Gasteiger charge is 2.22. The summed E-state index contributed by atoms with van der Waals surface area (Å²) in [7, 11) is 0. The highest BCUT2D eigenvalue weighted by molar-refractivity contribution is 6.08. The summed E-state index contributed by atoms with van der Waals surface area (Å²) in [6.45, 7) is 0. The Morgan fingerprint density at radius 2 is 1.77 bits per heavy atom. The summed E-state index contributed by atoms with van der Waals surface area (Å²) < 4.78 is 33.8. The van der Waals surface area contributed by atoms with Crippen LogP contribution in [0, 0.1) is 11.6 Å². The van der Waals surface area contributed by atoms with Crippen LogP contribution in [-0.4, -0.2) is 26.8 Å². The molecule has 31 heavy (non-hydrogen) atoms. The Hall–Kier alpha value is -4.34. The molecule has 156 valence electrons. The lowest BCUT2D eigenvalue weighted by Gasteiger charge is -2.23. The van der Waals surface area contributed by atoms with Crippen molar-refractivity contribution in [1.82, 2.24) is 15.0 Å². The fourth-order valence-electron chi connectivity index (χ4n) is 3.00. The third-order valence-electron chi connectivity index (χ3n) is 4.36. The van der Waals surface area contributed by atoms with Crippen molar-refractivity contribution < 1.29 is 23.1 Å². The molecule has 0 unspecified atom stereocenters. The molecule has 0 spiro atoms. The summed E-state index contributed by atoms with van der Waals surface area (Å²) in [4.78, 5) is 35.9. The monoisotopic (exact) mass is 423 g/mol. The second-order valence-electron chi connectivity index (χ2n) is 6.48. The van der Waals surface area contributed by atoms with E-state index in [2.05, 4.69) is 15.0 Å². The quantitative estimate of drug-likeness (QED) is 0.460. The van der Waals surface area contributed by atoms with E-state index in [9.17, 15) is 18.4 Å². The maximum Gasteiger partial charge on any atom is 0.240 e. The molecule has 0 saturated carbocycles. The van der Waals surface area contributed by atoms with Crippen molar-refractivity contribution in [1.29, 1.82) is 0 Å². The van der Waals surface area contributed by atoms with Crippen molar-refractivity contribution in [3.8, 4) is 11.6 Å². The van der Waals surface area contributed by atoms with E-state index in [1.165, 1.54) is 30.6 Å². The fourth-order valence-corrected chi connectivity index (χ4v) is 3.00. The van der Waals surface area contributed by atoms with Crippen LogP contribution in [0.25, 0.3) is 11.0 Å². The number of rotatable bonds is 6. The van der Waals surface area contributed by atoms with E-state index in [0.717, 1.165) is 23.1 Å². The number of carbonyl (C=O) groups is 2. The first-order valence-corrected chi connectivity index (χ1v) is 9.04. The molecule has 0 bridgehead atoms. The van der Waals surface area contributed by atoms with E-state index >= 15 is 0 Å². The number of nitrogens with two attached hydrogens (primary N) is 1. The number of fused-ring (bicyclic) bond motifs is 1. The number of carbonyl (C=O) groups excluding carboxylic acids is 2. The largest absolute Gasteiger partial charge is 0.435 e. The molecule has 0 fully saturated rings. The molecule has 0 radical (unpaired) electrons. The van der Waals surface area contributed by atoms with Gasteiger partial charge in [0.15, 0.2) is 11.6 Å². The third-order valence-corrected chi connectivity index (χ3v) is 4.36. The average Bonchev–Trinajstić information content (AvgIpc) is 3.21. The van der Waals surface area contributed by atoms with Gasteiger partial charge in [-0.05, 0) is 42.5 Å². The first kappa shape index (κ1) is 20.0. The lowest BCUT2D eigenvalue weighted by atomic mass is 10.2. The topological polar surface area (TPSA) is 114 Å². The van der Waals surface area contributed by atoms with Crippen molar-refractivity contribution in [2.24, 2.45) is 5.73 Å². The number of nitrogens with zero attached hydrogens (tertiary/aromatic N) is 3. The molecule has 4 aromatic rings. The molecule has 3 N–H and O–H groups in total. The molecule has 2 aromatic carbocycles.